The molecule has 0 N–H and O–H groups in total. The van der Waals surface area contributed by atoms with Gasteiger partial charge in [-0.2, -0.15) is 0 Å². The van der Waals surface area contributed by atoms with Gasteiger partial charge in [-0.25, -0.2) is 15.0 Å². The first-order valence-electron chi connectivity index (χ1n) is 19.0. The summed E-state index contributed by atoms with van der Waals surface area (Å²) in [5.41, 5.74) is 10.4. The lowest BCUT2D eigenvalue weighted by atomic mass is 10.0. The average molecular weight is 747 g/mol. The van der Waals surface area contributed by atoms with Crippen LogP contribution in [0.2, 0.25) is 0 Å². The zero-order valence-corrected chi connectivity index (χ0v) is 31.2. The molecule has 0 bridgehead atoms. The fourth-order valence-corrected chi connectivity index (χ4v) is 9.44. The summed E-state index contributed by atoms with van der Waals surface area (Å²) in [5, 5.41) is 7.16. The molecule has 266 valence electrons. The normalized spacial score (nSPS) is 11.9. The van der Waals surface area contributed by atoms with E-state index in [-0.39, 0.29) is 0 Å². The van der Waals surface area contributed by atoms with Crippen LogP contribution < -0.4 is 0 Å². The summed E-state index contributed by atoms with van der Waals surface area (Å²) >= 11 is 1.79. The summed E-state index contributed by atoms with van der Waals surface area (Å²) in [4.78, 5) is 14.8. The van der Waals surface area contributed by atoms with Gasteiger partial charge in [-0.1, -0.05) is 121 Å². The van der Waals surface area contributed by atoms with Crippen LogP contribution in [-0.2, 0) is 0 Å². The van der Waals surface area contributed by atoms with E-state index in [1.807, 2.05) is 60.7 Å². The summed E-state index contributed by atoms with van der Waals surface area (Å²) in [6, 6.07) is 63.9. The third-order valence-corrected chi connectivity index (χ3v) is 12.2. The molecule has 0 radical (unpaired) electrons. The number of nitrogens with zero attached hydrogens (tertiary/aromatic N) is 4. The van der Waals surface area contributed by atoms with Gasteiger partial charge in [0.25, 0.3) is 0 Å². The molecule has 0 atom stereocenters. The monoisotopic (exact) mass is 746 g/mol. The van der Waals surface area contributed by atoms with Gasteiger partial charge in [-0.05, 0) is 71.8 Å². The van der Waals surface area contributed by atoms with Gasteiger partial charge in [0.1, 0.15) is 11.2 Å². The van der Waals surface area contributed by atoms with E-state index < -0.39 is 0 Å². The minimum absolute atomic E-state index is 0.657. The maximum absolute atomic E-state index is 6.51. The maximum Gasteiger partial charge on any atom is 0.164 e. The van der Waals surface area contributed by atoms with Crippen molar-refractivity contribution in [2.75, 3.05) is 0 Å². The summed E-state index contributed by atoms with van der Waals surface area (Å²) in [6.45, 7) is 0. The Hall–Kier alpha value is -7.41. The molecule has 6 heteroatoms. The smallest absolute Gasteiger partial charge is 0.164 e. The van der Waals surface area contributed by atoms with Crippen molar-refractivity contribution in [2.24, 2.45) is 0 Å². The van der Waals surface area contributed by atoms with Crippen LogP contribution in [-0.4, -0.2) is 19.5 Å². The van der Waals surface area contributed by atoms with E-state index in [0.717, 1.165) is 55.4 Å². The molecule has 0 fully saturated rings. The van der Waals surface area contributed by atoms with E-state index in [0.29, 0.717) is 17.5 Å². The van der Waals surface area contributed by atoms with E-state index in [2.05, 4.69) is 126 Å². The van der Waals surface area contributed by atoms with Gasteiger partial charge in [0, 0.05) is 64.1 Å². The molecule has 57 heavy (non-hydrogen) atoms. The summed E-state index contributed by atoms with van der Waals surface area (Å²) in [7, 11) is 0. The number of hydrogen-bond acceptors (Lipinski definition) is 5. The van der Waals surface area contributed by atoms with Crippen LogP contribution in [0, 0.1) is 0 Å². The predicted molar refractivity (Wildman–Crippen MR) is 236 cm³/mol. The molecule has 4 heterocycles. The Kier molecular flexibility index (Phi) is 7.03. The summed E-state index contributed by atoms with van der Waals surface area (Å²) < 4.78 is 11.3. The molecular formula is C51H30N4OS. The molecule has 0 aliphatic heterocycles. The standard InChI is InChI=1S/C51H30N4OS/c1-3-11-31(12-4-1)49-52-50(32-13-5-2-6-14-32)54-51(53-49)35-20-24-40-42-27-33(21-26-47(42)57-48(40)29-35)34-19-23-39-41-30-36(22-25-45(41)56-46(39)28-34)55-43-17-9-7-15-37(43)38-16-8-10-18-44(38)55/h1-30H. The number of benzene rings is 8. The van der Waals surface area contributed by atoms with Crippen molar-refractivity contribution in [3.05, 3.63) is 182 Å². The molecule has 8 aromatic carbocycles. The zero-order chi connectivity index (χ0) is 37.5. The van der Waals surface area contributed by atoms with Gasteiger partial charge in [-0.15, -0.1) is 11.3 Å². The lowest BCUT2D eigenvalue weighted by Gasteiger charge is -2.08. The van der Waals surface area contributed by atoms with Crippen LogP contribution in [0.25, 0.3) is 115 Å². The SMILES string of the molecule is c1ccc(-c2nc(-c3ccccc3)nc(-c3ccc4c(c3)sc3ccc(-c5ccc6c(c5)oc5ccc(-n7c8ccccc8c8ccccc87)cc56)cc34)n2)cc1. The fraction of sp³-hybridized carbons (Fsp3) is 0. The topological polar surface area (TPSA) is 56.7 Å². The average Bonchev–Trinajstić information content (AvgIpc) is 3.95. The van der Waals surface area contributed by atoms with Gasteiger partial charge >= 0.3 is 0 Å². The molecule has 0 aliphatic rings. The van der Waals surface area contributed by atoms with Crippen LogP contribution >= 0.6 is 11.3 Å². The molecule has 0 unspecified atom stereocenters. The minimum atomic E-state index is 0.657. The van der Waals surface area contributed by atoms with Crippen molar-refractivity contribution >= 4 is 75.3 Å². The third-order valence-electron chi connectivity index (χ3n) is 11.1. The third kappa shape index (κ3) is 5.19. The number of thiophene rings is 1. The first-order valence-corrected chi connectivity index (χ1v) is 19.8. The molecule has 0 amide bonds. The second kappa shape index (κ2) is 12.6. The fourth-order valence-electron chi connectivity index (χ4n) is 8.32. The van der Waals surface area contributed by atoms with Crippen molar-refractivity contribution in [1.82, 2.24) is 19.5 Å². The highest BCUT2D eigenvalue weighted by atomic mass is 32.1. The van der Waals surface area contributed by atoms with Crippen molar-refractivity contribution in [3.8, 4) is 51.0 Å². The van der Waals surface area contributed by atoms with Crippen molar-refractivity contribution in [2.45, 2.75) is 0 Å². The summed E-state index contributed by atoms with van der Waals surface area (Å²) in [6.07, 6.45) is 0. The number of hydrogen-bond donors (Lipinski definition) is 0. The number of aromatic nitrogens is 4. The highest BCUT2D eigenvalue weighted by molar-refractivity contribution is 7.25. The predicted octanol–water partition coefficient (Wildman–Crippen LogP) is 13.9. The Balaban J connectivity index is 0.922. The van der Waals surface area contributed by atoms with Gasteiger partial charge in [-0.3, -0.25) is 0 Å². The largest absolute Gasteiger partial charge is 0.456 e. The molecule has 5 nitrogen and oxygen atoms in total. The van der Waals surface area contributed by atoms with E-state index in [9.17, 15) is 0 Å². The highest BCUT2D eigenvalue weighted by Crippen LogP contribution is 2.40. The Labute approximate surface area is 330 Å². The second-order valence-electron chi connectivity index (χ2n) is 14.4. The van der Waals surface area contributed by atoms with Gasteiger partial charge in [0.2, 0.25) is 0 Å². The Morgan fingerprint density at radius 3 is 1.63 bits per heavy atom. The molecule has 0 spiro atoms. The molecule has 12 rings (SSSR count). The van der Waals surface area contributed by atoms with Crippen LogP contribution in [0.5, 0.6) is 0 Å². The van der Waals surface area contributed by atoms with Crippen molar-refractivity contribution in [1.29, 1.82) is 0 Å². The molecule has 4 aromatic heterocycles. The number of para-hydroxylation sites is 2. The van der Waals surface area contributed by atoms with E-state index in [4.69, 9.17) is 19.4 Å². The minimum Gasteiger partial charge on any atom is -0.456 e. The maximum atomic E-state index is 6.51. The van der Waals surface area contributed by atoms with Gasteiger partial charge in [0.15, 0.2) is 17.5 Å². The van der Waals surface area contributed by atoms with Crippen LogP contribution in [0.15, 0.2) is 186 Å². The lowest BCUT2D eigenvalue weighted by Crippen LogP contribution is -1.99. The molecule has 12 aromatic rings. The van der Waals surface area contributed by atoms with Crippen LogP contribution in [0.1, 0.15) is 0 Å². The number of fused-ring (bicyclic) bond motifs is 9. The first-order chi connectivity index (χ1) is 28.2. The van der Waals surface area contributed by atoms with E-state index in [1.165, 1.54) is 42.0 Å². The Morgan fingerprint density at radius 2 is 0.930 bits per heavy atom. The van der Waals surface area contributed by atoms with Gasteiger partial charge in [0.05, 0.1) is 11.0 Å². The molecule has 0 saturated carbocycles. The quantitative estimate of drug-likeness (QED) is 0.176. The Morgan fingerprint density at radius 1 is 0.351 bits per heavy atom. The van der Waals surface area contributed by atoms with Gasteiger partial charge < -0.3 is 8.98 Å². The Bertz CT molecular complexity index is 3420. The summed E-state index contributed by atoms with van der Waals surface area (Å²) in [5.74, 6) is 1.97. The zero-order valence-electron chi connectivity index (χ0n) is 30.4. The van der Waals surface area contributed by atoms with Crippen molar-refractivity contribution in [3.63, 3.8) is 0 Å². The van der Waals surface area contributed by atoms with Crippen LogP contribution in [0.3, 0.4) is 0 Å². The number of rotatable bonds is 5. The highest BCUT2D eigenvalue weighted by Gasteiger charge is 2.17. The second-order valence-corrected chi connectivity index (χ2v) is 15.5. The molecule has 0 aliphatic carbocycles. The molecular weight excluding hydrogens is 717 g/mol. The van der Waals surface area contributed by atoms with E-state index >= 15 is 0 Å². The van der Waals surface area contributed by atoms with Crippen molar-refractivity contribution < 1.29 is 4.42 Å². The van der Waals surface area contributed by atoms with E-state index in [1.54, 1.807) is 11.3 Å². The van der Waals surface area contributed by atoms with Crippen LogP contribution in [0.4, 0.5) is 0 Å². The number of furan rings is 1. The lowest BCUT2D eigenvalue weighted by molar-refractivity contribution is 0.669. The molecule has 0 saturated heterocycles. The first kappa shape index (κ1) is 31.9.